The lowest BCUT2D eigenvalue weighted by Crippen LogP contribution is -2.18. The molecule has 3 aromatic rings. The predicted molar refractivity (Wildman–Crippen MR) is 117 cm³/mol. The van der Waals surface area contributed by atoms with Crippen molar-refractivity contribution < 1.29 is 17.2 Å². The van der Waals surface area contributed by atoms with Crippen molar-refractivity contribution in [2.24, 2.45) is 5.92 Å². The van der Waals surface area contributed by atoms with Gasteiger partial charge in [0.1, 0.15) is 16.5 Å². The van der Waals surface area contributed by atoms with Crippen LogP contribution in [0, 0.1) is 17.6 Å². The highest BCUT2D eigenvalue weighted by molar-refractivity contribution is 7.93. The molecule has 0 unspecified atom stereocenters. The first-order chi connectivity index (χ1) is 14.3. The van der Waals surface area contributed by atoms with Crippen LogP contribution in [0.15, 0.2) is 52.9 Å². The summed E-state index contributed by atoms with van der Waals surface area (Å²) in [6.45, 7) is 2.41. The summed E-state index contributed by atoms with van der Waals surface area (Å²) < 4.78 is 55.6. The van der Waals surface area contributed by atoms with E-state index in [1.165, 1.54) is 12.3 Å². The van der Waals surface area contributed by atoms with Gasteiger partial charge >= 0.3 is 0 Å². The third-order valence-corrected chi connectivity index (χ3v) is 7.07. The topological polar surface area (TPSA) is 71.1 Å². The number of halogens is 3. The van der Waals surface area contributed by atoms with Gasteiger partial charge in [0.15, 0.2) is 5.13 Å². The first kappa shape index (κ1) is 22.5. The van der Waals surface area contributed by atoms with E-state index in [2.05, 4.69) is 15.0 Å². The van der Waals surface area contributed by atoms with Gasteiger partial charge in [-0.25, -0.2) is 22.2 Å². The predicted octanol–water partition coefficient (Wildman–Crippen LogP) is 5.56. The van der Waals surface area contributed by atoms with Crippen LogP contribution in [0.4, 0.5) is 19.6 Å². The summed E-state index contributed by atoms with van der Waals surface area (Å²) in [5.41, 5.74) is 0.882. The van der Waals surface area contributed by atoms with Crippen molar-refractivity contribution >= 4 is 43.8 Å². The van der Waals surface area contributed by atoms with Crippen molar-refractivity contribution in [1.29, 1.82) is 0 Å². The minimum absolute atomic E-state index is 0.0664. The minimum atomic E-state index is -4.17. The molecule has 2 aromatic carbocycles. The molecule has 0 bridgehead atoms. The molecule has 160 valence electrons. The van der Waals surface area contributed by atoms with E-state index >= 15 is 0 Å². The van der Waals surface area contributed by atoms with E-state index in [9.17, 15) is 17.2 Å². The molecule has 1 aromatic heterocycles. The molecule has 10 heteroatoms. The van der Waals surface area contributed by atoms with Crippen molar-refractivity contribution in [1.82, 2.24) is 4.98 Å². The Labute approximate surface area is 183 Å². The molecular weight excluding hydrogens is 452 g/mol. The van der Waals surface area contributed by atoms with Gasteiger partial charge in [0.25, 0.3) is 10.0 Å². The number of thiazole rings is 1. The maximum absolute atomic E-state index is 14.6. The normalized spacial score (nSPS) is 12.5. The van der Waals surface area contributed by atoms with Gasteiger partial charge in [-0.05, 0) is 36.1 Å². The molecule has 0 saturated carbocycles. The second kappa shape index (κ2) is 9.72. The number of rotatable bonds is 9. The molecule has 0 aliphatic rings. The van der Waals surface area contributed by atoms with Crippen molar-refractivity contribution in [2.45, 2.75) is 24.7 Å². The Bertz CT molecular complexity index is 1110. The van der Waals surface area contributed by atoms with Crippen LogP contribution in [0.1, 0.15) is 18.9 Å². The fourth-order valence-corrected chi connectivity index (χ4v) is 5.07. The van der Waals surface area contributed by atoms with Crippen LogP contribution < -0.4 is 10.0 Å². The van der Waals surface area contributed by atoms with Gasteiger partial charge < -0.3 is 5.32 Å². The third kappa shape index (κ3) is 5.47. The standard InChI is InChI=1S/C20H20ClF2N3O2S2/c1-2-13(9-14-5-3-4-6-16(14)22)12-25-18-11-17(23)19(10-15(18)21)30(27,28)26-20-24-7-8-29-20/h3-8,10-11,13,25H,2,9,12H2,1H3,(H,24,26)/t13-/m0/s1. The zero-order valence-corrected chi connectivity index (χ0v) is 18.4. The summed E-state index contributed by atoms with van der Waals surface area (Å²) >= 11 is 7.28. The van der Waals surface area contributed by atoms with Crippen LogP contribution in [0.25, 0.3) is 0 Å². The van der Waals surface area contributed by atoms with Crippen molar-refractivity contribution in [3.63, 3.8) is 0 Å². The number of nitrogens with one attached hydrogen (secondary N) is 2. The fraction of sp³-hybridized carbons (Fsp3) is 0.250. The van der Waals surface area contributed by atoms with Gasteiger partial charge in [0.05, 0.1) is 10.7 Å². The summed E-state index contributed by atoms with van der Waals surface area (Å²) in [5, 5.41) is 4.84. The zero-order chi connectivity index (χ0) is 21.7. The second-order valence-electron chi connectivity index (χ2n) is 6.66. The molecule has 5 nitrogen and oxygen atoms in total. The Morgan fingerprint density at radius 3 is 2.63 bits per heavy atom. The maximum Gasteiger partial charge on any atom is 0.266 e. The SMILES string of the molecule is CC[C@H](CNc1cc(F)c(S(=O)(=O)Nc2nccs2)cc1Cl)Cc1ccccc1F. The lowest BCUT2D eigenvalue weighted by molar-refractivity contribution is 0.512. The maximum atomic E-state index is 14.6. The molecule has 3 rings (SSSR count). The highest BCUT2D eigenvalue weighted by atomic mass is 35.5. The molecule has 0 amide bonds. The smallest absolute Gasteiger partial charge is 0.266 e. The number of hydrogen-bond acceptors (Lipinski definition) is 5. The monoisotopic (exact) mass is 471 g/mol. The van der Waals surface area contributed by atoms with Crippen LogP contribution in [0.2, 0.25) is 5.02 Å². The highest BCUT2D eigenvalue weighted by Crippen LogP contribution is 2.30. The summed E-state index contributed by atoms with van der Waals surface area (Å²) in [4.78, 5) is 3.27. The Hall–Kier alpha value is -2.23. The molecule has 30 heavy (non-hydrogen) atoms. The van der Waals surface area contributed by atoms with Gasteiger partial charge in [-0.15, -0.1) is 11.3 Å². The van der Waals surface area contributed by atoms with Gasteiger partial charge in [0, 0.05) is 18.1 Å². The number of nitrogens with zero attached hydrogens (tertiary/aromatic N) is 1. The van der Waals surface area contributed by atoms with E-state index in [1.54, 1.807) is 23.6 Å². The largest absolute Gasteiger partial charge is 0.383 e. The van der Waals surface area contributed by atoms with Crippen LogP contribution in [-0.2, 0) is 16.4 Å². The summed E-state index contributed by atoms with van der Waals surface area (Å²) in [7, 11) is -4.17. The van der Waals surface area contributed by atoms with E-state index < -0.39 is 20.7 Å². The molecule has 0 fully saturated rings. The average molecular weight is 472 g/mol. The van der Waals surface area contributed by atoms with E-state index in [0.29, 0.717) is 18.5 Å². The number of anilines is 2. The molecule has 0 spiro atoms. The molecule has 1 atom stereocenters. The zero-order valence-electron chi connectivity index (χ0n) is 16.0. The lowest BCUT2D eigenvalue weighted by Gasteiger charge is -2.18. The average Bonchev–Trinajstić information content (AvgIpc) is 3.20. The summed E-state index contributed by atoms with van der Waals surface area (Å²) in [6.07, 6.45) is 2.72. The van der Waals surface area contributed by atoms with Gasteiger partial charge in [-0.1, -0.05) is 43.1 Å². The quantitative estimate of drug-likeness (QED) is 0.429. The Morgan fingerprint density at radius 2 is 1.97 bits per heavy atom. The molecule has 2 N–H and O–H groups in total. The van der Waals surface area contributed by atoms with Crippen molar-refractivity contribution in [3.05, 3.63) is 70.2 Å². The fourth-order valence-electron chi connectivity index (χ4n) is 2.90. The van der Waals surface area contributed by atoms with Crippen molar-refractivity contribution in [2.75, 3.05) is 16.6 Å². The number of benzene rings is 2. The van der Waals surface area contributed by atoms with Gasteiger partial charge in [0.2, 0.25) is 0 Å². The lowest BCUT2D eigenvalue weighted by atomic mass is 9.96. The number of hydrogen-bond donors (Lipinski definition) is 2. The Morgan fingerprint density at radius 1 is 1.20 bits per heavy atom. The highest BCUT2D eigenvalue weighted by Gasteiger charge is 2.23. The second-order valence-corrected chi connectivity index (χ2v) is 9.61. The van der Waals surface area contributed by atoms with E-state index in [-0.39, 0.29) is 27.6 Å². The van der Waals surface area contributed by atoms with Crippen molar-refractivity contribution in [3.8, 4) is 0 Å². The molecule has 0 aliphatic heterocycles. The van der Waals surface area contributed by atoms with Crippen LogP contribution in [0.3, 0.4) is 0 Å². The van der Waals surface area contributed by atoms with Crippen LogP contribution in [-0.4, -0.2) is 19.9 Å². The Kier molecular flexibility index (Phi) is 7.27. The summed E-state index contributed by atoms with van der Waals surface area (Å²) in [6, 6.07) is 8.69. The first-order valence-corrected chi connectivity index (χ1v) is 11.9. The minimum Gasteiger partial charge on any atom is -0.383 e. The molecule has 0 saturated heterocycles. The van der Waals surface area contributed by atoms with Crippen LogP contribution in [0.5, 0.6) is 0 Å². The van der Waals surface area contributed by atoms with Gasteiger partial charge in [-0.2, -0.15) is 0 Å². The number of sulfonamides is 1. The summed E-state index contributed by atoms with van der Waals surface area (Å²) in [5.74, 6) is -1.12. The van der Waals surface area contributed by atoms with E-state index in [0.717, 1.165) is 29.9 Å². The van der Waals surface area contributed by atoms with E-state index in [1.807, 2.05) is 6.92 Å². The molecular formula is C20H20ClF2N3O2S2. The number of aromatic nitrogens is 1. The van der Waals surface area contributed by atoms with E-state index in [4.69, 9.17) is 11.6 Å². The first-order valence-electron chi connectivity index (χ1n) is 9.18. The third-order valence-electron chi connectivity index (χ3n) is 4.59. The Balaban J connectivity index is 1.72. The van der Waals surface area contributed by atoms with Gasteiger partial charge in [-0.3, -0.25) is 4.72 Å². The molecule has 0 radical (unpaired) electrons. The molecule has 0 aliphatic carbocycles. The molecule has 1 heterocycles. The van der Waals surface area contributed by atoms with Crippen LogP contribution >= 0.6 is 22.9 Å².